The van der Waals surface area contributed by atoms with E-state index in [2.05, 4.69) is 29.6 Å². The number of phenolic OH excluding ortho intramolecular Hbond substituents is 1. The van der Waals surface area contributed by atoms with Gasteiger partial charge in [-0.3, -0.25) is 4.79 Å². The van der Waals surface area contributed by atoms with Gasteiger partial charge in [0.1, 0.15) is 17.6 Å². The van der Waals surface area contributed by atoms with Gasteiger partial charge >= 0.3 is 0 Å². The van der Waals surface area contributed by atoms with Gasteiger partial charge in [-0.1, -0.05) is 48.4 Å². The van der Waals surface area contributed by atoms with Crippen molar-refractivity contribution in [2.75, 3.05) is 5.32 Å². The lowest BCUT2D eigenvalue weighted by atomic mass is 9.81. The van der Waals surface area contributed by atoms with Gasteiger partial charge in [0.15, 0.2) is 0 Å². The van der Waals surface area contributed by atoms with Crippen LogP contribution in [0.15, 0.2) is 72.8 Å². The van der Waals surface area contributed by atoms with Crippen molar-refractivity contribution in [3.8, 4) is 11.5 Å². The molecule has 0 unspecified atom stereocenters. The van der Waals surface area contributed by atoms with Crippen LogP contribution in [0.25, 0.3) is 0 Å². The number of phenols is 1. The first-order valence-electron chi connectivity index (χ1n) is 10.2. The van der Waals surface area contributed by atoms with Crippen LogP contribution in [0, 0.1) is 0 Å². The number of hydrogen-bond acceptors (Lipinski definition) is 3. The van der Waals surface area contributed by atoms with E-state index in [9.17, 15) is 9.90 Å². The van der Waals surface area contributed by atoms with E-state index in [0.29, 0.717) is 16.6 Å². The van der Waals surface area contributed by atoms with Crippen LogP contribution in [-0.4, -0.2) is 17.1 Å². The Kier molecular flexibility index (Phi) is 6.24. The molecule has 4 nitrogen and oxygen atoms in total. The number of amides is 1. The minimum atomic E-state index is -0.417. The van der Waals surface area contributed by atoms with Gasteiger partial charge in [0.05, 0.1) is 5.56 Å². The summed E-state index contributed by atoms with van der Waals surface area (Å²) in [5, 5.41) is 13.1. The summed E-state index contributed by atoms with van der Waals surface area (Å²) >= 11 is 5.93. The molecule has 1 fully saturated rings. The Morgan fingerprint density at radius 2 is 1.70 bits per heavy atom. The van der Waals surface area contributed by atoms with Gasteiger partial charge in [-0.2, -0.15) is 0 Å². The predicted molar refractivity (Wildman–Crippen MR) is 120 cm³/mol. The number of halogens is 1. The number of hydrogen-bond donors (Lipinski definition) is 2. The Hall–Kier alpha value is -2.98. The third kappa shape index (κ3) is 4.77. The number of anilines is 1. The van der Waals surface area contributed by atoms with Crippen molar-refractivity contribution in [1.82, 2.24) is 0 Å². The molecule has 154 valence electrons. The predicted octanol–water partition coefficient (Wildman–Crippen LogP) is 6.40. The molecule has 2 atom stereocenters. The third-order valence-electron chi connectivity index (χ3n) is 5.53. The molecule has 1 amide bonds. The standard InChI is InChI=1S/C25H24ClNO3/c26-18-10-15-23(28)22(16-18)25(29)27-19-11-13-20(14-12-19)30-24-9-5-4-8-21(24)17-6-2-1-3-7-17/h1-3,6-7,10-16,21,24,28H,4-5,8-9H2,(H,27,29)/t21-,24+/m1/s1. The maximum Gasteiger partial charge on any atom is 0.259 e. The number of ether oxygens (including phenoxy) is 1. The average molecular weight is 422 g/mol. The SMILES string of the molecule is O=C(Nc1ccc(O[C@H]2CCCC[C@@H]2c2ccccc2)cc1)c1cc(Cl)ccc1O. The molecule has 0 heterocycles. The van der Waals surface area contributed by atoms with E-state index in [1.165, 1.54) is 36.6 Å². The zero-order valence-electron chi connectivity index (χ0n) is 16.6. The average Bonchev–Trinajstić information content (AvgIpc) is 2.78. The summed E-state index contributed by atoms with van der Waals surface area (Å²) in [5.41, 5.74) is 2.08. The highest BCUT2D eigenvalue weighted by molar-refractivity contribution is 6.31. The van der Waals surface area contributed by atoms with Crippen molar-refractivity contribution < 1.29 is 14.6 Å². The second-order valence-electron chi connectivity index (χ2n) is 7.60. The van der Waals surface area contributed by atoms with E-state index in [1.54, 1.807) is 12.1 Å². The zero-order chi connectivity index (χ0) is 20.9. The van der Waals surface area contributed by atoms with Gasteiger partial charge in [-0.25, -0.2) is 0 Å². The van der Waals surface area contributed by atoms with Crippen LogP contribution in [0.4, 0.5) is 5.69 Å². The maximum absolute atomic E-state index is 12.4. The van der Waals surface area contributed by atoms with Gasteiger partial charge in [-0.15, -0.1) is 0 Å². The summed E-state index contributed by atoms with van der Waals surface area (Å²) in [4.78, 5) is 12.4. The van der Waals surface area contributed by atoms with Crippen molar-refractivity contribution in [2.45, 2.75) is 37.7 Å². The van der Waals surface area contributed by atoms with Crippen LogP contribution in [0.2, 0.25) is 5.02 Å². The molecule has 0 spiro atoms. The quantitative estimate of drug-likeness (QED) is 0.500. The molecule has 1 saturated carbocycles. The van der Waals surface area contributed by atoms with Gasteiger partial charge < -0.3 is 15.2 Å². The lowest BCUT2D eigenvalue weighted by Gasteiger charge is -2.32. The molecule has 0 bridgehead atoms. The first-order chi connectivity index (χ1) is 14.6. The molecule has 5 heteroatoms. The molecule has 1 aliphatic rings. The van der Waals surface area contributed by atoms with Gasteiger partial charge in [0, 0.05) is 16.6 Å². The van der Waals surface area contributed by atoms with Gasteiger partial charge in [0.25, 0.3) is 5.91 Å². The van der Waals surface area contributed by atoms with Crippen molar-refractivity contribution in [1.29, 1.82) is 0 Å². The molecule has 0 saturated heterocycles. The molecule has 3 aromatic rings. The van der Waals surface area contributed by atoms with Gasteiger partial charge in [0.2, 0.25) is 0 Å². The fourth-order valence-corrected chi connectivity index (χ4v) is 4.17. The molecule has 3 aromatic carbocycles. The van der Waals surface area contributed by atoms with E-state index in [4.69, 9.17) is 16.3 Å². The number of carbonyl (C=O) groups excluding carboxylic acids is 1. The first-order valence-corrected chi connectivity index (χ1v) is 10.6. The van der Waals surface area contributed by atoms with E-state index >= 15 is 0 Å². The Balaban J connectivity index is 1.43. The molecule has 0 radical (unpaired) electrons. The van der Waals surface area contributed by atoms with Crippen LogP contribution in [0.3, 0.4) is 0 Å². The smallest absolute Gasteiger partial charge is 0.259 e. The lowest BCUT2D eigenvalue weighted by molar-refractivity contribution is 0.102. The van der Waals surface area contributed by atoms with Crippen LogP contribution in [-0.2, 0) is 0 Å². The minimum Gasteiger partial charge on any atom is -0.507 e. The normalized spacial score (nSPS) is 18.6. The highest BCUT2D eigenvalue weighted by Crippen LogP contribution is 2.36. The van der Waals surface area contributed by atoms with Crippen LogP contribution in [0.5, 0.6) is 11.5 Å². The van der Waals surface area contributed by atoms with E-state index in [0.717, 1.165) is 18.6 Å². The number of carbonyl (C=O) groups is 1. The van der Waals surface area contributed by atoms with E-state index < -0.39 is 5.91 Å². The largest absolute Gasteiger partial charge is 0.507 e. The molecular weight excluding hydrogens is 398 g/mol. The van der Waals surface area contributed by atoms with Crippen LogP contribution in [0.1, 0.15) is 47.5 Å². The molecule has 0 aliphatic heterocycles. The maximum atomic E-state index is 12.4. The molecular formula is C25H24ClNO3. The number of aromatic hydroxyl groups is 1. The van der Waals surface area contributed by atoms with Crippen molar-refractivity contribution >= 4 is 23.2 Å². The highest BCUT2D eigenvalue weighted by Gasteiger charge is 2.28. The Labute approximate surface area is 181 Å². The van der Waals surface area contributed by atoms with Gasteiger partial charge in [-0.05, 0) is 67.3 Å². The second kappa shape index (κ2) is 9.23. The zero-order valence-corrected chi connectivity index (χ0v) is 17.3. The lowest BCUT2D eigenvalue weighted by Crippen LogP contribution is -2.28. The topological polar surface area (TPSA) is 58.6 Å². The summed E-state index contributed by atoms with van der Waals surface area (Å²) in [6, 6.07) is 22.3. The Morgan fingerprint density at radius 3 is 2.47 bits per heavy atom. The molecule has 2 N–H and O–H groups in total. The monoisotopic (exact) mass is 421 g/mol. The van der Waals surface area contributed by atoms with Crippen LogP contribution < -0.4 is 10.1 Å². The molecule has 30 heavy (non-hydrogen) atoms. The molecule has 1 aliphatic carbocycles. The molecule has 0 aromatic heterocycles. The molecule has 4 rings (SSSR count). The van der Waals surface area contributed by atoms with E-state index in [1.807, 2.05) is 18.2 Å². The minimum absolute atomic E-state index is 0.110. The number of rotatable bonds is 5. The second-order valence-corrected chi connectivity index (χ2v) is 8.03. The number of benzene rings is 3. The summed E-state index contributed by atoms with van der Waals surface area (Å²) in [6.45, 7) is 0. The fraction of sp³-hybridized carbons (Fsp3) is 0.240. The summed E-state index contributed by atoms with van der Waals surface area (Å²) in [5.74, 6) is 0.651. The first kappa shape index (κ1) is 20.3. The van der Waals surface area contributed by atoms with Crippen molar-refractivity contribution in [3.05, 3.63) is 88.9 Å². The van der Waals surface area contributed by atoms with Crippen molar-refractivity contribution in [2.24, 2.45) is 0 Å². The number of nitrogens with one attached hydrogen (secondary N) is 1. The Bertz CT molecular complexity index is 1000. The summed E-state index contributed by atoms with van der Waals surface area (Å²) in [7, 11) is 0. The van der Waals surface area contributed by atoms with Crippen LogP contribution >= 0.6 is 11.6 Å². The summed E-state index contributed by atoms with van der Waals surface area (Å²) in [6.07, 6.45) is 4.70. The highest BCUT2D eigenvalue weighted by atomic mass is 35.5. The third-order valence-corrected chi connectivity index (χ3v) is 5.77. The fourth-order valence-electron chi connectivity index (χ4n) is 4.00. The Morgan fingerprint density at radius 1 is 0.967 bits per heavy atom. The van der Waals surface area contributed by atoms with Crippen molar-refractivity contribution in [3.63, 3.8) is 0 Å². The van der Waals surface area contributed by atoms with E-state index in [-0.39, 0.29) is 17.4 Å². The summed E-state index contributed by atoms with van der Waals surface area (Å²) < 4.78 is 6.33.